The summed E-state index contributed by atoms with van der Waals surface area (Å²) >= 11 is 0. The van der Waals surface area contributed by atoms with E-state index in [1.807, 2.05) is 25.1 Å². The van der Waals surface area contributed by atoms with Crippen molar-refractivity contribution in [1.29, 1.82) is 0 Å². The van der Waals surface area contributed by atoms with Crippen molar-refractivity contribution in [3.8, 4) is 0 Å². The predicted octanol–water partition coefficient (Wildman–Crippen LogP) is 3.98. The van der Waals surface area contributed by atoms with Crippen molar-refractivity contribution in [1.82, 2.24) is 0 Å². The average Bonchev–Trinajstić information content (AvgIpc) is 2.56. The number of aryl methyl sites for hydroxylation is 1. The molecule has 0 aromatic heterocycles. The first-order valence-electron chi connectivity index (χ1n) is 7.41. The van der Waals surface area contributed by atoms with Crippen molar-refractivity contribution in [2.45, 2.75) is 13.8 Å². The monoisotopic (exact) mass is 309 g/mol. The lowest BCUT2D eigenvalue weighted by atomic mass is 10.1. The van der Waals surface area contributed by atoms with E-state index in [0.717, 1.165) is 5.56 Å². The fourth-order valence-corrected chi connectivity index (χ4v) is 1.98. The summed E-state index contributed by atoms with van der Waals surface area (Å²) in [7, 11) is 0. The van der Waals surface area contributed by atoms with Gasteiger partial charge in [0, 0.05) is 23.5 Å². The fraction of sp³-hybridized carbons (Fsp3) is 0.158. The highest BCUT2D eigenvalue weighted by molar-refractivity contribution is 6.04. The van der Waals surface area contributed by atoms with Crippen LogP contribution >= 0.6 is 0 Å². The van der Waals surface area contributed by atoms with Crippen LogP contribution in [0.25, 0.3) is 0 Å². The maximum Gasteiger partial charge on any atom is 0.338 e. The summed E-state index contributed by atoms with van der Waals surface area (Å²) < 4.78 is 4.95. The average molecular weight is 309 g/mol. The van der Waals surface area contributed by atoms with Crippen LogP contribution in [0.5, 0.6) is 0 Å². The van der Waals surface area contributed by atoms with E-state index in [4.69, 9.17) is 4.74 Å². The molecule has 23 heavy (non-hydrogen) atoms. The van der Waals surface area contributed by atoms with E-state index < -0.39 is 0 Å². The number of hydrogen-bond donors (Lipinski definition) is 1. The van der Waals surface area contributed by atoms with E-state index in [0.29, 0.717) is 23.4 Å². The minimum atomic E-state index is -0.365. The summed E-state index contributed by atoms with van der Waals surface area (Å²) in [4.78, 5) is 23.7. The molecule has 0 saturated heterocycles. The normalized spacial score (nSPS) is 10.5. The second-order valence-corrected chi connectivity index (χ2v) is 5.01. The van der Waals surface area contributed by atoms with Gasteiger partial charge in [0.05, 0.1) is 12.2 Å². The lowest BCUT2D eigenvalue weighted by Gasteiger charge is -2.05. The second kappa shape index (κ2) is 7.94. The van der Waals surface area contributed by atoms with E-state index in [1.54, 1.807) is 43.5 Å². The Morgan fingerprint density at radius 3 is 2.52 bits per heavy atom. The maximum absolute atomic E-state index is 12.0. The van der Waals surface area contributed by atoms with Crippen LogP contribution in [0.3, 0.4) is 0 Å². The number of ketones is 1. The van der Waals surface area contributed by atoms with Gasteiger partial charge in [-0.3, -0.25) is 4.79 Å². The standard InChI is InChI=1S/C19H19NO3/c1-3-23-19(22)16-5-4-6-17(13-16)20-12-11-18(21)15-9-7-14(2)8-10-15/h4-13,20H,3H2,1-2H3/b12-11+. The Balaban J connectivity index is 2.00. The molecule has 2 rings (SSSR count). The van der Waals surface area contributed by atoms with Crippen molar-refractivity contribution in [3.05, 3.63) is 77.5 Å². The molecule has 4 heteroatoms. The third-order valence-corrected chi connectivity index (χ3v) is 3.19. The molecule has 0 fully saturated rings. The third-order valence-electron chi connectivity index (χ3n) is 3.19. The summed E-state index contributed by atoms with van der Waals surface area (Å²) in [5, 5.41) is 2.98. The highest BCUT2D eigenvalue weighted by atomic mass is 16.5. The Morgan fingerprint density at radius 2 is 1.83 bits per heavy atom. The Bertz CT molecular complexity index is 718. The molecule has 4 nitrogen and oxygen atoms in total. The first-order chi connectivity index (χ1) is 11.1. The molecular weight excluding hydrogens is 290 g/mol. The van der Waals surface area contributed by atoms with E-state index in [9.17, 15) is 9.59 Å². The summed E-state index contributed by atoms with van der Waals surface area (Å²) in [5.74, 6) is -0.449. The van der Waals surface area contributed by atoms with Crippen LogP contribution < -0.4 is 5.32 Å². The summed E-state index contributed by atoms with van der Waals surface area (Å²) in [6.45, 7) is 4.07. The molecule has 0 saturated carbocycles. The van der Waals surface area contributed by atoms with E-state index in [2.05, 4.69) is 5.32 Å². The molecule has 0 unspecified atom stereocenters. The molecule has 0 bridgehead atoms. The van der Waals surface area contributed by atoms with Gasteiger partial charge in [-0.05, 0) is 32.0 Å². The third kappa shape index (κ3) is 4.81. The van der Waals surface area contributed by atoms with Gasteiger partial charge in [-0.1, -0.05) is 35.9 Å². The van der Waals surface area contributed by atoms with Gasteiger partial charge in [-0.15, -0.1) is 0 Å². The van der Waals surface area contributed by atoms with Crippen LogP contribution in [0.2, 0.25) is 0 Å². The molecule has 1 N–H and O–H groups in total. The number of benzene rings is 2. The quantitative estimate of drug-likeness (QED) is 0.498. The Morgan fingerprint density at radius 1 is 1.09 bits per heavy atom. The van der Waals surface area contributed by atoms with Crippen LogP contribution in [0, 0.1) is 6.92 Å². The number of esters is 1. The van der Waals surface area contributed by atoms with Crippen molar-refractivity contribution in [2.75, 3.05) is 11.9 Å². The van der Waals surface area contributed by atoms with Crippen LogP contribution in [-0.2, 0) is 4.74 Å². The molecule has 118 valence electrons. The largest absolute Gasteiger partial charge is 0.462 e. The van der Waals surface area contributed by atoms with Gasteiger partial charge in [-0.25, -0.2) is 4.79 Å². The SMILES string of the molecule is CCOC(=O)c1cccc(N/C=C/C(=O)c2ccc(C)cc2)c1. The highest BCUT2D eigenvalue weighted by Crippen LogP contribution is 2.12. The molecule has 0 aliphatic carbocycles. The molecule has 0 spiro atoms. The number of ether oxygens (including phenoxy) is 1. The molecule has 2 aromatic carbocycles. The van der Waals surface area contributed by atoms with Crippen LogP contribution in [0.15, 0.2) is 60.8 Å². The van der Waals surface area contributed by atoms with Crippen LogP contribution in [0.1, 0.15) is 33.2 Å². The molecule has 0 amide bonds. The number of anilines is 1. The number of carbonyl (C=O) groups excluding carboxylic acids is 2. The smallest absolute Gasteiger partial charge is 0.338 e. The lowest BCUT2D eigenvalue weighted by Crippen LogP contribution is -2.04. The van der Waals surface area contributed by atoms with Crippen LogP contribution in [0.4, 0.5) is 5.69 Å². The van der Waals surface area contributed by atoms with Crippen molar-refractivity contribution < 1.29 is 14.3 Å². The number of carbonyl (C=O) groups is 2. The summed E-state index contributed by atoms with van der Waals surface area (Å²) in [5.41, 5.74) is 2.92. The predicted molar refractivity (Wildman–Crippen MR) is 90.7 cm³/mol. The number of allylic oxidation sites excluding steroid dienone is 1. The van der Waals surface area contributed by atoms with Crippen molar-refractivity contribution >= 4 is 17.4 Å². The van der Waals surface area contributed by atoms with Crippen molar-refractivity contribution in [3.63, 3.8) is 0 Å². The molecule has 2 aromatic rings. The highest BCUT2D eigenvalue weighted by Gasteiger charge is 2.06. The van der Waals surface area contributed by atoms with Gasteiger partial charge in [0.2, 0.25) is 0 Å². The van der Waals surface area contributed by atoms with E-state index in [1.165, 1.54) is 6.08 Å². The van der Waals surface area contributed by atoms with Crippen LogP contribution in [-0.4, -0.2) is 18.4 Å². The molecule has 0 heterocycles. The van der Waals surface area contributed by atoms with Crippen molar-refractivity contribution in [2.24, 2.45) is 0 Å². The second-order valence-electron chi connectivity index (χ2n) is 5.01. The zero-order valence-corrected chi connectivity index (χ0v) is 13.2. The van der Waals surface area contributed by atoms with Gasteiger partial charge in [0.15, 0.2) is 5.78 Å². The number of hydrogen-bond acceptors (Lipinski definition) is 4. The van der Waals surface area contributed by atoms with Gasteiger partial charge in [-0.2, -0.15) is 0 Å². The van der Waals surface area contributed by atoms with Gasteiger partial charge in [0.1, 0.15) is 0 Å². The topological polar surface area (TPSA) is 55.4 Å². The minimum Gasteiger partial charge on any atom is -0.462 e. The molecular formula is C19H19NO3. The van der Waals surface area contributed by atoms with Gasteiger partial charge < -0.3 is 10.1 Å². The Kier molecular flexibility index (Phi) is 5.69. The van der Waals surface area contributed by atoms with Gasteiger partial charge >= 0.3 is 5.97 Å². The number of rotatable bonds is 6. The number of nitrogens with one attached hydrogen (secondary N) is 1. The Hall–Kier alpha value is -2.88. The molecule has 0 radical (unpaired) electrons. The zero-order chi connectivity index (χ0) is 16.7. The maximum atomic E-state index is 12.0. The van der Waals surface area contributed by atoms with E-state index in [-0.39, 0.29) is 11.8 Å². The van der Waals surface area contributed by atoms with Gasteiger partial charge in [0.25, 0.3) is 0 Å². The fourth-order valence-electron chi connectivity index (χ4n) is 1.98. The first-order valence-corrected chi connectivity index (χ1v) is 7.41. The molecule has 0 aliphatic heterocycles. The summed E-state index contributed by atoms with van der Waals surface area (Å²) in [6.07, 6.45) is 3.02. The molecule has 0 aliphatic rings. The first kappa shape index (κ1) is 16.5. The summed E-state index contributed by atoms with van der Waals surface area (Å²) in [6, 6.07) is 14.3. The molecule has 0 atom stereocenters. The van der Waals surface area contributed by atoms with E-state index >= 15 is 0 Å². The zero-order valence-electron chi connectivity index (χ0n) is 13.2. The lowest BCUT2D eigenvalue weighted by molar-refractivity contribution is 0.0526. The minimum absolute atomic E-state index is 0.0842. The Labute approximate surface area is 135 Å².